The molecule has 4 nitrogen and oxygen atoms in total. The topological polar surface area (TPSA) is 40.6 Å². The Morgan fingerprint density at radius 2 is 1.89 bits per heavy atom. The van der Waals surface area contributed by atoms with Crippen LogP contribution in [-0.2, 0) is 4.79 Å². The zero-order valence-corrected chi connectivity index (χ0v) is 16.6. The molecule has 28 heavy (non-hydrogen) atoms. The monoisotopic (exact) mass is 400 g/mol. The van der Waals surface area contributed by atoms with E-state index in [1.54, 1.807) is 25.1 Å². The summed E-state index contributed by atoms with van der Waals surface area (Å²) >= 11 is 6.08. The highest BCUT2D eigenvalue weighted by Crippen LogP contribution is 2.45. The van der Waals surface area contributed by atoms with Gasteiger partial charge in [-0.15, -0.1) is 0 Å². The molecule has 0 radical (unpaired) electrons. The number of carbonyl (C=O) groups excluding carboxylic acids is 2. The fourth-order valence-electron chi connectivity index (χ4n) is 4.61. The summed E-state index contributed by atoms with van der Waals surface area (Å²) in [4.78, 5) is 28.9. The molecular weight excluding hydrogens is 379 g/mol. The van der Waals surface area contributed by atoms with E-state index in [1.807, 2.05) is 28.9 Å². The van der Waals surface area contributed by atoms with E-state index < -0.39 is 0 Å². The van der Waals surface area contributed by atoms with Crippen molar-refractivity contribution in [2.24, 2.45) is 11.8 Å². The molecule has 0 aliphatic carbocycles. The van der Waals surface area contributed by atoms with Crippen LogP contribution in [0.5, 0.6) is 0 Å². The predicted molar refractivity (Wildman–Crippen MR) is 106 cm³/mol. The summed E-state index contributed by atoms with van der Waals surface area (Å²) in [5.41, 5.74) is 2.28. The largest absolute Gasteiger partial charge is 0.338 e. The number of amides is 2. The van der Waals surface area contributed by atoms with Crippen LogP contribution in [0.25, 0.3) is 0 Å². The average molecular weight is 401 g/mol. The third kappa shape index (κ3) is 3.28. The minimum absolute atomic E-state index is 0.0186. The quantitative estimate of drug-likeness (QED) is 0.762. The second-order valence-electron chi connectivity index (χ2n) is 7.77. The second-order valence-corrected chi connectivity index (χ2v) is 8.18. The highest BCUT2D eigenvalue weighted by atomic mass is 35.5. The molecule has 0 bridgehead atoms. The smallest absolute Gasteiger partial charge is 0.253 e. The van der Waals surface area contributed by atoms with Crippen LogP contribution >= 0.6 is 11.6 Å². The third-order valence-corrected chi connectivity index (χ3v) is 6.37. The maximum Gasteiger partial charge on any atom is 0.253 e. The molecule has 0 unspecified atom stereocenters. The van der Waals surface area contributed by atoms with Gasteiger partial charge in [0.2, 0.25) is 5.91 Å². The number of rotatable bonds is 2. The summed E-state index contributed by atoms with van der Waals surface area (Å²) < 4.78 is 13.8. The van der Waals surface area contributed by atoms with Gasteiger partial charge in [-0.25, -0.2) is 4.39 Å². The van der Waals surface area contributed by atoms with E-state index in [4.69, 9.17) is 11.6 Å². The molecule has 2 aromatic rings. The molecule has 0 N–H and O–H groups in total. The van der Waals surface area contributed by atoms with E-state index >= 15 is 0 Å². The van der Waals surface area contributed by atoms with E-state index in [9.17, 15) is 14.0 Å². The molecule has 2 saturated heterocycles. The van der Waals surface area contributed by atoms with E-state index in [0.717, 1.165) is 11.1 Å². The van der Waals surface area contributed by atoms with Crippen LogP contribution in [0.15, 0.2) is 42.5 Å². The van der Waals surface area contributed by atoms with Crippen LogP contribution in [0, 0.1) is 24.6 Å². The lowest BCUT2D eigenvalue weighted by Gasteiger charge is -2.29. The van der Waals surface area contributed by atoms with Crippen LogP contribution in [0.2, 0.25) is 5.02 Å². The average Bonchev–Trinajstić information content (AvgIpc) is 3.21. The van der Waals surface area contributed by atoms with Crippen molar-refractivity contribution in [1.82, 2.24) is 9.80 Å². The van der Waals surface area contributed by atoms with Crippen molar-refractivity contribution >= 4 is 23.4 Å². The van der Waals surface area contributed by atoms with Gasteiger partial charge >= 0.3 is 0 Å². The SMILES string of the molecule is CC(=O)N1C[C@H]2CN(C(=O)c3ccc(Cl)c(C)c3)C[C@H]2[C@H]1c1cccc(F)c1. The van der Waals surface area contributed by atoms with Gasteiger partial charge in [-0.2, -0.15) is 0 Å². The Morgan fingerprint density at radius 3 is 2.57 bits per heavy atom. The molecule has 6 heteroatoms. The molecule has 0 saturated carbocycles. The Balaban J connectivity index is 1.60. The lowest BCUT2D eigenvalue weighted by molar-refractivity contribution is -0.130. The van der Waals surface area contributed by atoms with Crippen molar-refractivity contribution < 1.29 is 14.0 Å². The standard InChI is InChI=1S/C22H22ClFN2O2/c1-13-8-16(6-7-20(13)23)22(28)25-10-17-11-26(14(2)27)21(19(17)12-25)15-4-3-5-18(24)9-15/h3-9,17,19,21H,10-12H2,1-2H3/t17-,19-,21-/m1/s1. The first kappa shape index (κ1) is 18.9. The highest BCUT2D eigenvalue weighted by molar-refractivity contribution is 6.31. The third-order valence-electron chi connectivity index (χ3n) is 5.95. The van der Waals surface area contributed by atoms with Crippen LogP contribution in [0.4, 0.5) is 4.39 Å². The molecule has 2 aromatic carbocycles. The van der Waals surface area contributed by atoms with Gasteiger partial charge in [-0.1, -0.05) is 23.7 Å². The molecule has 0 aromatic heterocycles. The minimum Gasteiger partial charge on any atom is -0.338 e. The molecule has 2 amide bonds. The highest BCUT2D eigenvalue weighted by Gasteiger charge is 2.49. The Morgan fingerprint density at radius 1 is 1.11 bits per heavy atom. The van der Waals surface area contributed by atoms with Crippen molar-refractivity contribution in [1.29, 1.82) is 0 Å². The van der Waals surface area contributed by atoms with Gasteiger partial charge in [0, 0.05) is 49.0 Å². The van der Waals surface area contributed by atoms with Gasteiger partial charge in [-0.05, 0) is 48.4 Å². The molecule has 4 rings (SSSR count). The Bertz CT molecular complexity index is 948. The maximum atomic E-state index is 13.8. The van der Waals surface area contributed by atoms with Crippen molar-refractivity contribution in [2.75, 3.05) is 19.6 Å². The number of hydrogen-bond acceptors (Lipinski definition) is 2. The van der Waals surface area contributed by atoms with E-state index in [1.165, 1.54) is 12.1 Å². The first-order valence-corrected chi connectivity index (χ1v) is 9.81. The number of halogens is 2. The van der Waals surface area contributed by atoms with Gasteiger partial charge in [0.25, 0.3) is 5.91 Å². The fourth-order valence-corrected chi connectivity index (χ4v) is 4.73. The zero-order chi connectivity index (χ0) is 20.0. The fraction of sp³-hybridized carbons (Fsp3) is 0.364. The van der Waals surface area contributed by atoms with E-state index in [2.05, 4.69) is 0 Å². The molecule has 3 atom stereocenters. The lowest BCUT2D eigenvalue weighted by Crippen LogP contribution is -2.36. The van der Waals surface area contributed by atoms with E-state index in [-0.39, 0.29) is 35.5 Å². The normalized spacial score (nSPS) is 23.8. The number of carbonyl (C=O) groups is 2. The number of fused-ring (bicyclic) bond motifs is 1. The van der Waals surface area contributed by atoms with Crippen molar-refractivity contribution in [3.63, 3.8) is 0 Å². The maximum absolute atomic E-state index is 13.8. The van der Waals surface area contributed by atoms with Crippen LogP contribution in [-0.4, -0.2) is 41.2 Å². The molecule has 146 valence electrons. The first-order valence-electron chi connectivity index (χ1n) is 9.43. The molecule has 2 aliphatic heterocycles. The summed E-state index contributed by atoms with van der Waals surface area (Å²) in [5.74, 6) is -0.0685. The van der Waals surface area contributed by atoms with E-state index in [0.29, 0.717) is 30.2 Å². The van der Waals surface area contributed by atoms with Gasteiger partial charge in [0.05, 0.1) is 6.04 Å². The van der Waals surface area contributed by atoms with Crippen molar-refractivity contribution in [2.45, 2.75) is 19.9 Å². The van der Waals surface area contributed by atoms with Crippen LogP contribution in [0.1, 0.15) is 34.5 Å². The van der Waals surface area contributed by atoms with Crippen molar-refractivity contribution in [3.05, 3.63) is 70.0 Å². The molecule has 2 fully saturated rings. The van der Waals surface area contributed by atoms with Crippen LogP contribution in [0.3, 0.4) is 0 Å². The van der Waals surface area contributed by atoms with Gasteiger partial charge in [0.1, 0.15) is 5.82 Å². The van der Waals surface area contributed by atoms with Crippen LogP contribution < -0.4 is 0 Å². The molecule has 2 heterocycles. The van der Waals surface area contributed by atoms with Crippen molar-refractivity contribution in [3.8, 4) is 0 Å². The number of likely N-dealkylation sites (tertiary alicyclic amines) is 2. The Kier molecular flexibility index (Phi) is 4.88. The summed E-state index contributed by atoms with van der Waals surface area (Å²) in [5, 5.41) is 0.637. The number of nitrogens with zero attached hydrogens (tertiary/aromatic N) is 2. The molecular formula is C22H22ClFN2O2. The zero-order valence-electron chi connectivity index (χ0n) is 15.9. The predicted octanol–water partition coefficient (Wildman–Crippen LogP) is 4.08. The number of aryl methyl sites for hydroxylation is 1. The summed E-state index contributed by atoms with van der Waals surface area (Å²) in [6.45, 7) is 5.16. The van der Waals surface area contributed by atoms with Gasteiger partial charge in [-0.3, -0.25) is 9.59 Å². The number of benzene rings is 2. The second kappa shape index (κ2) is 7.21. The summed E-state index contributed by atoms with van der Waals surface area (Å²) in [6.07, 6.45) is 0. The lowest BCUT2D eigenvalue weighted by atomic mass is 9.89. The van der Waals surface area contributed by atoms with Gasteiger partial charge in [0.15, 0.2) is 0 Å². The Labute approximate surface area is 168 Å². The minimum atomic E-state index is -0.313. The number of hydrogen-bond donors (Lipinski definition) is 0. The summed E-state index contributed by atoms with van der Waals surface area (Å²) in [6, 6.07) is 11.5. The molecule has 0 spiro atoms. The first-order chi connectivity index (χ1) is 13.3. The summed E-state index contributed by atoms with van der Waals surface area (Å²) in [7, 11) is 0. The Hall–Kier alpha value is -2.40. The molecule has 2 aliphatic rings. The van der Waals surface area contributed by atoms with Gasteiger partial charge < -0.3 is 9.80 Å².